The van der Waals surface area contributed by atoms with E-state index in [1.165, 1.54) is 57.8 Å². The van der Waals surface area contributed by atoms with Crippen molar-refractivity contribution >= 4 is 22.6 Å². The van der Waals surface area contributed by atoms with Crippen LogP contribution in [0.4, 0.5) is 0 Å². The molecule has 0 aliphatic heterocycles. The summed E-state index contributed by atoms with van der Waals surface area (Å²) >= 11 is 2.53. The summed E-state index contributed by atoms with van der Waals surface area (Å²) in [6.07, 6.45) is 17.7. The van der Waals surface area contributed by atoms with Crippen LogP contribution in [0.15, 0.2) is 32.5 Å². The molecular weight excluding hydrogens is 379 g/mol. The quantitative estimate of drug-likeness (QED) is 0.411. The average molecular weight is 408 g/mol. The van der Waals surface area contributed by atoms with Crippen molar-refractivity contribution in [2.24, 2.45) is 23.2 Å². The minimum Gasteiger partial charge on any atom is -0.0804 e. The largest absolute Gasteiger partial charge is 0.0804 e. The Labute approximate surface area is 149 Å². The van der Waals surface area contributed by atoms with Gasteiger partial charge in [-0.05, 0) is 118 Å². The summed E-state index contributed by atoms with van der Waals surface area (Å²) in [5.74, 6) is 2.72. The molecule has 0 saturated heterocycles. The lowest BCUT2D eigenvalue weighted by Gasteiger charge is -2.39. The van der Waals surface area contributed by atoms with Crippen LogP contribution in [0.25, 0.3) is 0 Å². The molecule has 1 heteroatoms. The molecule has 2 unspecified atom stereocenters. The highest BCUT2D eigenvalue weighted by Crippen LogP contribution is 2.59. The summed E-state index contributed by atoms with van der Waals surface area (Å²) < 4.78 is 1.60. The van der Waals surface area contributed by atoms with Gasteiger partial charge in [0, 0.05) is 0 Å². The molecule has 0 N–H and O–H groups in total. The predicted octanol–water partition coefficient (Wildman–Crippen LogP) is 6.97. The van der Waals surface area contributed by atoms with Crippen molar-refractivity contribution in [2.45, 2.75) is 71.6 Å². The number of halogens is 1. The van der Waals surface area contributed by atoms with Crippen LogP contribution in [-0.2, 0) is 0 Å². The highest BCUT2D eigenvalue weighted by molar-refractivity contribution is 14.1. The first kappa shape index (κ1) is 15.5. The third-order valence-corrected chi connectivity index (χ3v) is 8.06. The van der Waals surface area contributed by atoms with E-state index in [-0.39, 0.29) is 0 Å². The van der Waals surface area contributed by atoms with Crippen LogP contribution in [0.1, 0.15) is 71.6 Å². The second-order valence-corrected chi connectivity index (χ2v) is 9.90. The lowest BCUT2D eigenvalue weighted by atomic mass is 9.65. The fraction of sp³-hybridized carbons (Fsp3) is 0.714. The van der Waals surface area contributed by atoms with Crippen LogP contribution >= 0.6 is 22.6 Å². The molecule has 0 radical (unpaired) electrons. The maximum Gasteiger partial charge on any atom is -0.00700 e. The Morgan fingerprint density at radius 2 is 1.77 bits per heavy atom. The fourth-order valence-electron chi connectivity index (χ4n) is 5.74. The summed E-state index contributed by atoms with van der Waals surface area (Å²) in [5.41, 5.74) is 5.88. The van der Waals surface area contributed by atoms with Crippen molar-refractivity contribution in [3.8, 4) is 0 Å². The van der Waals surface area contributed by atoms with Crippen LogP contribution in [0.2, 0.25) is 0 Å². The van der Waals surface area contributed by atoms with Crippen molar-refractivity contribution in [1.29, 1.82) is 0 Å². The van der Waals surface area contributed by atoms with E-state index in [0.717, 1.165) is 17.8 Å². The molecule has 0 nitrogen and oxygen atoms in total. The van der Waals surface area contributed by atoms with E-state index < -0.39 is 0 Å². The molecule has 0 heterocycles. The molecule has 0 aromatic heterocycles. The minimum atomic E-state index is 0.444. The lowest BCUT2D eigenvalue weighted by Crippen LogP contribution is -2.30. The van der Waals surface area contributed by atoms with Gasteiger partial charge in [-0.2, -0.15) is 0 Å². The Bertz CT molecular complexity index is 560. The summed E-state index contributed by atoms with van der Waals surface area (Å²) in [4.78, 5) is 0. The van der Waals surface area contributed by atoms with Crippen molar-refractivity contribution in [3.63, 3.8) is 0 Å². The van der Waals surface area contributed by atoms with Gasteiger partial charge in [-0.15, -0.1) is 0 Å². The lowest BCUT2D eigenvalue weighted by molar-refractivity contribution is 0.196. The zero-order chi connectivity index (χ0) is 15.3. The summed E-state index contributed by atoms with van der Waals surface area (Å²) in [6.45, 7) is 5.09. The standard InChI is InChI=1S/C21H29I/c1-21(2)19-6-4-3-5-17(19)18-12-9-15(13-20(18)21)14-7-10-16(22)11-8-14/h10,12,14-15,20H,3-9,11,13H2,1-2H3/t14-,15?,20?/m0/s1. The van der Waals surface area contributed by atoms with Gasteiger partial charge < -0.3 is 0 Å². The molecular formula is C21H29I. The average Bonchev–Trinajstić information content (AvgIpc) is 2.77. The van der Waals surface area contributed by atoms with Gasteiger partial charge in [0.2, 0.25) is 0 Å². The van der Waals surface area contributed by atoms with Crippen LogP contribution in [0, 0.1) is 23.2 Å². The number of fused-ring (bicyclic) bond motifs is 2. The summed E-state index contributed by atoms with van der Waals surface area (Å²) in [6, 6.07) is 0. The zero-order valence-electron chi connectivity index (χ0n) is 14.1. The first-order valence-electron chi connectivity index (χ1n) is 9.35. The highest BCUT2D eigenvalue weighted by atomic mass is 127. The second kappa shape index (κ2) is 5.79. The van der Waals surface area contributed by atoms with E-state index in [1.54, 1.807) is 14.7 Å². The molecule has 4 aliphatic carbocycles. The van der Waals surface area contributed by atoms with E-state index in [2.05, 4.69) is 48.6 Å². The second-order valence-electron chi connectivity index (χ2n) is 8.51. The third kappa shape index (κ3) is 2.46. The van der Waals surface area contributed by atoms with Gasteiger partial charge in [0.05, 0.1) is 0 Å². The maximum absolute atomic E-state index is 2.68. The third-order valence-electron chi connectivity index (χ3n) is 7.08. The van der Waals surface area contributed by atoms with Gasteiger partial charge in [0.15, 0.2) is 0 Å². The van der Waals surface area contributed by atoms with Crippen LogP contribution < -0.4 is 0 Å². The highest BCUT2D eigenvalue weighted by Gasteiger charge is 2.47. The maximum atomic E-state index is 2.68. The van der Waals surface area contributed by atoms with E-state index in [1.807, 2.05) is 5.57 Å². The van der Waals surface area contributed by atoms with Crippen LogP contribution in [0.3, 0.4) is 0 Å². The molecule has 0 fully saturated rings. The van der Waals surface area contributed by atoms with Gasteiger partial charge in [-0.1, -0.05) is 31.6 Å². The Balaban J connectivity index is 1.57. The van der Waals surface area contributed by atoms with Gasteiger partial charge in [0.25, 0.3) is 0 Å². The van der Waals surface area contributed by atoms with E-state index in [0.29, 0.717) is 5.41 Å². The molecule has 0 spiro atoms. The van der Waals surface area contributed by atoms with Gasteiger partial charge in [0.1, 0.15) is 0 Å². The first-order valence-corrected chi connectivity index (χ1v) is 10.4. The summed E-state index contributed by atoms with van der Waals surface area (Å²) in [7, 11) is 0. The Kier molecular flexibility index (Phi) is 4.07. The Morgan fingerprint density at radius 1 is 1.00 bits per heavy atom. The Morgan fingerprint density at radius 3 is 2.55 bits per heavy atom. The van der Waals surface area contributed by atoms with Crippen LogP contribution in [0.5, 0.6) is 0 Å². The zero-order valence-corrected chi connectivity index (χ0v) is 16.3. The fourth-order valence-corrected chi connectivity index (χ4v) is 6.31. The monoisotopic (exact) mass is 408 g/mol. The number of hydrogen-bond acceptors (Lipinski definition) is 0. The van der Waals surface area contributed by atoms with Crippen molar-refractivity contribution in [2.75, 3.05) is 0 Å². The van der Waals surface area contributed by atoms with E-state index >= 15 is 0 Å². The minimum absolute atomic E-state index is 0.444. The molecule has 22 heavy (non-hydrogen) atoms. The molecule has 3 atom stereocenters. The van der Waals surface area contributed by atoms with E-state index in [4.69, 9.17) is 0 Å². The normalized spacial score (nSPS) is 37.3. The van der Waals surface area contributed by atoms with E-state index in [9.17, 15) is 0 Å². The smallest absolute Gasteiger partial charge is 0.00700 e. The predicted molar refractivity (Wildman–Crippen MR) is 103 cm³/mol. The van der Waals surface area contributed by atoms with Crippen molar-refractivity contribution in [3.05, 3.63) is 32.5 Å². The molecule has 0 aromatic rings. The molecule has 4 rings (SSSR count). The van der Waals surface area contributed by atoms with Crippen molar-refractivity contribution < 1.29 is 0 Å². The molecule has 4 aliphatic rings. The first-order chi connectivity index (χ1) is 10.6. The van der Waals surface area contributed by atoms with Crippen LogP contribution in [-0.4, -0.2) is 0 Å². The van der Waals surface area contributed by atoms with Gasteiger partial charge in [-0.3, -0.25) is 0 Å². The topological polar surface area (TPSA) is 0 Å². The van der Waals surface area contributed by atoms with Gasteiger partial charge in [-0.25, -0.2) is 0 Å². The molecule has 120 valence electrons. The van der Waals surface area contributed by atoms with Gasteiger partial charge >= 0.3 is 0 Å². The number of allylic oxidation sites excluding steroid dienone is 6. The SMILES string of the molecule is CC1(C)C2=C(CCCC2)C2=CCC([C@H]3CC=C(I)CC3)CC21. The number of hydrogen-bond donors (Lipinski definition) is 0. The molecule has 0 saturated carbocycles. The molecule has 0 amide bonds. The molecule has 0 aromatic carbocycles. The Hall–Kier alpha value is -0.0500. The number of rotatable bonds is 1. The summed E-state index contributed by atoms with van der Waals surface area (Å²) in [5, 5.41) is 0. The molecule has 0 bridgehead atoms. The van der Waals surface area contributed by atoms with Crippen molar-refractivity contribution in [1.82, 2.24) is 0 Å².